The molecule has 0 aromatic heterocycles. The van der Waals surface area contributed by atoms with Crippen LogP contribution in [0.4, 0.5) is 34.1 Å². The monoisotopic (exact) mass is 927 g/mol. The Balaban J connectivity index is 1.35. The number of rotatable bonds is 4. The van der Waals surface area contributed by atoms with E-state index < -0.39 is 0 Å². The SMILES string of the molecule is CC(C)c1cc2c3c(c1)N(c1ccc(C(C)(C)C)cc1-c1ccc(C(C)(C)C)cc1)c1ccc(C(C)(C)C)cc1B3c1cc3c(cc1N2c1ccc2c(c1)C(C)(C)CCC2(C)C)C(C)(C)CCC3(C)C. The van der Waals surface area contributed by atoms with Gasteiger partial charge in [0.1, 0.15) is 0 Å². The zero-order chi connectivity index (χ0) is 50.6. The first-order chi connectivity index (χ1) is 32.4. The number of anilines is 6. The normalized spacial score (nSPS) is 18.5. The molecule has 6 aromatic rings. The maximum atomic E-state index is 2.73. The van der Waals surface area contributed by atoms with Crippen molar-refractivity contribution in [2.45, 2.75) is 201 Å². The van der Waals surface area contributed by atoms with E-state index >= 15 is 0 Å². The summed E-state index contributed by atoms with van der Waals surface area (Å²) in [7, 11) is 0. The Labute approximate surface area is 424 Å². The highest BCUT2D eigenvalue weighted by molar-refractivity contribution is 7.00. The van der Waals surface area contributed by atoms with Crippen molar-refractivity contribution in [3.63, 3.8) is 0 Å². The Kier molecular flexibility index (Phi) is 10.9. The number of nitrogens with zero attached hydrogens (tertiary/aromatic N) is 2. The molecule has 2 nitrogen and oxygen atoms in total. The standard InChI is InChI=1S/C67H83BN2/c1-41(2)43-34-58-60-59(35-43)70(55-28-24-45(62(6,7)8)36-48(55)42-20-22-44(23-21-42)61(3,4)5)56-29-25-46(63(9,10)11)37-53(56)68(60)54-39-51-52(67(18,19)33-32-66(51,16)17)40-57(54)69(58)47-26-27-49-50(38-47)65(14,15)31-30-64(49,12)13/h20-29,34-41H,30-33H2,1-19H3. The van der Waals surface area contributed by atoms with Crippen LogP contribution < -0.4 is 26.2 Å². The van der Waals surface area contributed by atoms with Crippen LogP contribution in [0.25, 0.3) is 11.1 Å². The lowest BCUT2D eigenvalue weighted by molar-refractivity contribution is 0.332. The van der Waals surface area contributed by atoms with E-state index in [1.54, 1.807) is 0 Å². The van der Waals surface area contributed by atoms with Crippen LogP contribution in [0.3, 0.4) is 0 Å². The van der Waals surface area contributed by atoms with Crippen LogP contribution in [0.1, 0.15) is 208 Å². The van der Waals surface area contributed by atoms with Gasteiger partial charge in [-0.1, -0.05) is 186 Å². The van der Waals surface area contributed by atoms with Crippen LogP contribution in [0.15, 0.2) is 103 Å². The van der Waals surface area contributed by atoms with Crippen LogP contribution in [0.5, 0.6) is 0 Å². The third kappa shape index (κ3) is 7.81. The predicted molar refractivity (Wildman–Crippen MR) is 307 cm³/mol. The summed E-state index contributed by atoms with van der Waals surface area (Å²) in [5.74, 6) is 0.314. The van der Waals surface area contributed by atoms with Gasteiger partial charge < -0.3 is 9.80 Å². The van der Waals surface area contributed by atoms with Crippen LogP contribution in [0.2, 0.25) is 0 Å². The molecule has 70 heavy (non-hydrogen) atoms. The van der Waals surface area contributed by atoms with E-state index in [4.69, 9.17) is 0 Å². The summed E-state index contributed by atoms with van der Waals surface area (Å²) in [5, 5.41) is 0. The lowest BCUT2D eigenvalue weighted by Crippen LogP contribution is -2.62. The second-order valence-electron chi connectivity index (χ2n) is 28.3. The fourth-order valence-corrected chi connectivity index (χ4v) is 12.7. The first-order valence-corrected chi connectivity index (χ1v) is 26.9. The first-order valence-electron chi connectivity index (χ1n) is 26.9. The lowest BCUT2D eigenvalue weighted by Gasteiger charge is -2.48. The molecule has 6 aromatic carbocycles. The van der Waals surface area contributed by atoms with Gasteiger partial charge in [-0.3, -0.25) is 0 Å². The molecule has 2 aliphatic heterocycles. The van der Waals surface area contributed by atoms with E-state index in [0.717, 1.165) is 0 Å². The van der Waals surface area contributed by atoms with E-state index in [-0.39, 0.29) is 44.6 Å². The molecule has 2 heterocycles. The van der Waals surface area contributed by atoms with Crippen LogP contribution in [-0.2, 0) is 37.9 Å². The van der Waals surface area contributed by atoms with Gasteiger partial charge in [0.15, 0.2) is 0 Å². The molecule has 0 saturated heterocycles. The van der Waals surface area contributed by atoms with Crippen LogP contribution in [0, 0.1) is 0 Å². The van der Waals surface area contributed by atoms with Gasteiger partial charge in [0.2, 0.25) is 0 Å². The average Bonchev–Trinajstić information content (AvgIpc) is 3.27. The van der Waals surface area contributed by atoms with Gasteiger partial charge in [-0.05, 0) is 184 Å². The molecule has 3 heteroatoms. The quantitative estimate of drug-likeness (QED) is 0.162. The maximum Gasteiger partial charge on any atom is 0.252 e. The van der Waals surface area contributed by atoms with E-state index in [0.29, 0.717) is 5.92 Å². The maximum absolute atomic E-state index is 2.73. The molecule has 0 radical (unpaired) electrons. The lowest BCUT2D eigenvalue weighted by atomic mass is 9.33. The Morgan fingerprint density at radius 2 is 0.871 bits per heavy atom. The Hall–Kier alpha value is -5.02. The summed E-state index contributed by atoms with van der Waals surface area (Å²) in [5.41, 5.74) is 26.3. The summed E-state index contributed by atoms with van der Waals surface area (Å²) < 4.78 is 0. The van der Waals surface area contributed by atoms with Gasteiger partial charge in [0.05, 0.1) is 5.69 Å². The number of hydrogen-bond acceptors (Lipinski definition) is 2. The van der Waals surface area contributed by atoms with Crippen molar-refractivity contribution < 1.29 is 0 Å². The van der Waals surface area contributed by atoms with Crippen molar-refractivity contribution >= 4 is 57.2 Å². The highest BCUT2D eigenvalue weighted by Gasteiger charge is 2.48. The molecule has 0 saturated carbocycles. The summed E-state index contributed by atoms with van der Waals surface area (Å²) in [6.07, 6.45) is 4.74. The third-order valence-corrected chi connectivity index (χ3v) is 17.9. The predicted octanol–water partition coefficient (Wildman–Crippen LogP) is 17.2. The second kappa shape index (κ2) is 15.7. The number of hydrogen-bond donors (Lipinski definition) is 0. The average molecular weight is 927 g/mol. The molecular weight excluding hydrogens is 844 g/mol. The molecule has 4 aliphatic rings. The highest BCUT2D eigenvalue weighted by atomic mass is 15.2. The van der Waals surface area contributed by atoms with Crippen LogP contribution >= 0.6 is 0 Å². The zero-order valence-electron chi connectivity index (χ0n) is 46.7. The van der Waals surface area contributed by atoms with Gasteiger partial charge >= 0.3 is 0 Å². The van der Waals surface area contributed by atoms with Crippen molar-refractivity contribution in [2.75, 3.05) is 9.80 Å². The largest absolute Gasteiger partial charge is 0.311 e. The highest BCUT2D eigenvalue weighted by Crippen LogP contribution is 2.54. The van der Waals surface area contributed by atoms with Crippen molar-refractivity contribution in [2.24, 2.45) is 0 Å². The number of fused-ring (bicyclic) bond motifs is 6. The van der Waals surface area contributed by atoms with Crippen molar-refractivity contribution in [3.8, 4) is 11.1 Å². The summed E-state index contributed by atoms with van der Waals surface area (Å²) in [4.78, 5) is 5.42. The molecule has 0 atom stereocenters. The fourth-order valence-electron chi connectivity index (χ4n) is 12.7. The molecule has 0 spiro atoms. The van der Waals surface area contributed by atoms with E-state index in [9.17, 15) is 0 Å². The van der Waals surface area contributed by atoms with Crippen molar-refractivity contribution in [1.82, 2.24) is 0 Å². The van der Waals surface area contributed by atoms with E-state index in [1.807, 2.05) is 0 Å². The Bertz CT molecular complexity index is 3080. The Morgan fingerprint density at radius 1 is 0.414 bits per heavy atom. The molecule has 0 amide bonds. The van der Waals surface area contributed by atoms with Gasteiger partial charge in [0, 0.05) is 34.0 Å². The first kappa shape index (κ1) is 48.6. The molecule has 364 valence electrons. The van der Waals surface area contributed by atoms with E-state index in [1.165, 1.54) is 132 Å². The third-order valence-electron chi connectivity index (χ3n) is 17.9. The van der Waals surface area contributed by atoms with Gasteiger partial charge in [-0.2, -0.15) is 0 Å². The molecule has 0 N–H and O–H groups in total. The molecule has 0 bridgehead atoms. The van der Waals surface area contributed by atoms with Crippen molar-refractivity contribution in [3.05, 3.63) is 148 Å². The van der Waals surface area contributed by atoms with E-state index in [2.05, 4.69) is 244 Å². The zero-order valence-corrected chi connectivity index (χ0v) is 46.7. The minimum atomic E-state index is -0.0338. The molecule has 0 fully saturated rings. The summed E-state index contributed by atoms with van der Waals surface area (Å²) in [6.45, 7) is 45.8. The molecule has 2 aliphatic carbocycles. The Morgan fingerprint density at radius 3 is 1.41 bits per heavy atom. The number of benzene rings is 6. The van der Waals surface area contributed by atoms with Crippen LogP contribution in [-0.4, -0.2) is 6.71 Å². The second-order valence-corrected chi connectivity index (χ2v) is 28.3. The van der Waals surface area contributed by atoms with Gasteiger partial charge in [-0.15, -0.1) is 0 Å². The smallest absolute Gasteiger partial charge is 0.252 e. The molecule has 10 rings (SSSR count). The van der Waals surface area contributed by atoms with Crippen molar-refractivity contribution in [1.29, 1.82) is 0 Å². The summed E-state index contributed by atoms with van der Waals surface area (Å²) >= 11 is 0. The molecular formula is C67H83BN2. The minimum absolute atomic E-state index is 0.0216. The topological polar surface area (TPSA) is 6.48 Å². The molecule has 0 unspecified atom stereocenters. The minimum Gasteiger partial charge on any atom is -0.311 e. The fraction of sp³-hybridized carbons (Fsp3) is 0.463. The summed E-state index contributed by atoms with van der Waals surface area (Å²) in [6, 6.07) is 42.5. The van der Waals surface area contributed by atoms with Gasteiger partial charge in [-0.25, -0.2) is 0 Å². The van der Waals surface area contributed by atoms with Gasteiger partial charge in [0.25, 0.3) is 6.71 Å².